The Morgan fingerprint density at radius 1 is 1.23 bits per heavy atom. The zero-order valence-electron chi connectivity index (χ0n) is 13.4. The summed E-state index contributed by atoms with van der Waals surface area (Å²) in [7, 11) is 0. The molecule has 0 aromatic carbocycles. The number of aryl methyl sites for hydroxylation is 1. The molecule has 1 saturated heterocycles. The van der Waals surface area contributed by atoms with E-state index in [4.69, 9.17) is 0 Å². The van der Waals surface area contributed by atoms with Crippen LogP contribution in [0, 0.1) is 12.8 Å². The van der Waals surface area contributed by atoms with Crippen LogP contribution in [0.4, 0.5) is 5.95 Å². The number of carbonyl (C=O) groups excluding carboxylic acids is 1. The SMILES string of the molecule is Cc1ccnc(N2CCC[C@@H](C(=O)NC3CCCCC3)C2)n1. The Morgan fingerprint density at radius 2 is 2.05 bits per heavy atom. The third-order valence-electron chi connectivity index (χ3n) is 4.81. The molecular formula is C17H26N4O. The Bertz CT molecular complexity index is 513. The summed E-state index contributed by atoms with van der Waals surface area (Å²) in [5.41, 5.74) is 0.971. The third kappa shape index (κ3) is 3.76. The van der Waals surface area contributed by atoms with Gasteiger partial charge in [0, 0.05) is 31.0 Å². The standard InChI is InChI=1S/C17H26N4O/c1-13-9-10-18-17(19-13)21-11-5-6-14(12-21)16(22)20-15-7-3-2-4-8-15/h9-10,14-15H,2-8,11-12H2,1H3,(H,20,22)/t14-/m1/s1. The lowest BCUT2D eigenvalue weighted by atomic mass is 9.93. The minimum atomic E-state index is 0.0692. The van der Waals surface area contributed by atoms with Crippen LogP contribution in [0.3, 0.4) is 0 Å². The number of hydrogen-bond donors (Lipinski definition) is 1. The maximum Gasteiger partial charge on any atom is 0.225 e. The van der Waals surface area contributed by atoms with Crippen LogP contribution in [0.1, 0.15) is 50.6 Å². The van der Waals surface area contributed by atoms with Crippen LogP contribution in [-0.2, 0) is 4.79 Å². The molecule has 3 rings (SSSR count). The van der Waals surface area contributed by atoms with Gasteiger partial charge in [-0.1, -0.05) is 19.3 Å². The first-order valence-corrected chi connectivity index (χ1v) is 8.57. The van der Waals surface area contributed by atoms with E-state index in [2.05, 4.69) is 20.2 Å². The summed E-state index contributed by atoms with van der Waals surface area (Å²) in [6.45, 7) is 3.65. The molecular weight excluding hydrogens is 276 g/mol. The van der Waals surface area contributed by atoms with Crippen molar-refractivity contribution < 1.29 is 4.79 Å². The highest BCUT2D eigenvalue weighted by Gasteiger charge is 2.28. The van der Waals surface area contributed by atoms with E-state index in [0.717, 1.165) is 50.4 Å². The van der Waals surface area contributed by atoms with Crippen molar-refractivity contribution in [1.82, 2.24) is 15.3 Å². The molecule has 1 aromatic rings. The van der Waals surface area contributed by atoms with E-state index < -0.39 is 0 Å². The van der Waals surface area contributed by atoms with Gasteiger partial charge in [-0.2, -0.15) is 0 Å². The van der Waals surface area contributed by atoms with Gasteiger partial charge in [0.2, 0.25) is 11.9 Å². The Labute approximate surface area is 132 Å². The van der Waals surface area contributed by atoms with Gasteiger partial charge in [0.15, 0.2) is 0 Å². The number of nitrogens with one attached hydrogen (secondary N) is 1. The van der Waals surface area contributed by atoms with Gasteiger partial charge >= 0.3 is 0 Å². The fourth-order valence-corrected chi connectivity index (χ4v) is 3.53. The second-order valence-corrected chi connectivity index (χ2v) is 6.63. The summed E-state index contributed by atoms with van der Waals surface area (Å²) in [6.07, 6.45) is 9.89. The number of nitrogens with zero attached hydrogens (tertiary/aromatic N) is 3. The fraction of sp³-hybridized carbons (Fsp3) is 0.706. The average Bonchev–Trinajstić information content (AvgIpc) is 2.56. The van der Waals surface area contributed by atoms with Gasteiger partial charge < -0.3 is 10.2 Å². The van der Waals surface area contributed by atoms with E-state index in [-0.39, 0.29) is 11.8 Å². The largest absolute Gasteiger partial charge is 0.353 e. The first-order chi connectivity index (χ1) is 10.7. The molecule has 2 heterocycles. The van der Waals surface area contributed by atoms with Crippen molar-refractivity contribution >= 4 is 11.9 Å². The maximum atomic E-state index is 12.5. The summed E-state index contributed by atoms with van der Waals surface area (Å²) in [5.74, 6) is 1.05. The molecule has 1 N–H and O–H groups in total. The monoisotopic (exact) mass is 302 g/mol. The fourth-order valence-electron chi connectivity index (χ4n) is 3.53. The number of piperidine rings is 1. The summed E-state index contributed by atoms with van der Waals surface area (Å²) >= 11 is 0. The predicted molar refractivity (Wildman–Crippen MR) is 86.7 cm³/mol. The van der Waals surface area contributed by atoms with E-state index in [1.165, 1.54) is 19.3 Å². The first kappa shape index (κ1) is 15.3. The number of rotatable bonds is 3. The average molecular weight is 302 g/mol. The second-order valence-electron chi connectivity index (χ2n) is 6.63. The lowest BCUT2D eigenvalue weighted by Gasteiger charge is -2.33. The minimum absolute atomic E-state index is 0.0692. The van der Waals surface area contributed by atoms with Crippen molar-refractivity contribution in [3.05, 3.63) is 18.0 Å². The van der Waals surface area contributed by atoms with Gasteiger partial charge in [0.1, 0.15) is 0 Å². The first-order valence-electron chi connectivity index (χ1n) is 8.57. The van der Waals surface area contributed by atoms with Gasteiger partial charge in [0.05, 0.1) is 5.92 Å². The van der Waals surface area contributed by atoms with Gasteiger partial charge in [-0.05, 0) is 38.7 Å². The molecule has 0 bridgehead atoms. The zero-order chi connectivity index (χ0) is 15.4. The van der Waals surface area contributed by atoms with Crippen molar-refractivity contribution in [2.45, 2.75) is 57.9 Å². The highest BCUT2D eigenvalue weighted by molar-refractivity contribution is 5.79. The van der Waals surface area contributed by atoms with Gasteiger partial charge in [-0.15, -0.1) is 0 Å². The minimum Gasteiger partial charge on any atom is -0.353 e. The zero-order valence-corrected chi connectivity index (χ0v) is 13.4. The Hall–Kier alpha value is -1.65. The number of amides is 1. The summed E-state index contributed by atoms with van der Waals surface area (Å²) in [4.78, 5) is 23.5. The van der Waals surface area contributed by atoms with Gasteiger partial charge in [0.25, 0.3) is 0 Å². The van der Waals surface area contributed by atoms with Gasteiger partial charge in [-0.25, -0.2) is 9.97 Å². The molecule has 1 aliphatic heterocycles. The molecule has 120 valence electrons. The van der Waals surface area contributed by atoms with E-state index >= 15 is 0 Å². The molecule has 0 radical (unpaired) electrons. The van der Waals surface area contributed by atoms with Crippen molar-refractivity contribution in [1.29, 1.82) is 0 Å². The topological polar surface area (TPSA) is 58.1 Å². The van der Waals surface area contributed by atoms with Crippen LogP contribution >= 0.6 is 0 Å². The molecule has 1 amide bonds. The van der Waals surface area contributed by atoms with Gasteiger partial charge in [-0.3, -0.25) is 4.79 Å². The lowest BCUT2D eigenvalue weighted by molar-refractivity contribution is -0.126. The molecule has 0 spiro atoms. The Morgan fingerprint density at radius 3 is 2.82 bits per heavy atom. The molecule has 1 aliphatic carbocycles. The molecule has 1 aromatic heterocycles. The molecule has 1 atom stereocenters. The molecule has 0 unspecified atom stereocenters. The molecule has 1 saturated carbocycles. The quantitative estimate of drug-likeness (QED) is 0.932. The van der Waals surface area contributed by atoms with Crippen LogP contribution in [0.5, 0.6) is 0 Å². The number of hydrogen-bond acceptors (Lipinski definition) is 4. The van der Waals surface area contributed by atoms with Crippen LogP contribution < -0.4 is 10.2 Å². The summed E-state index contributed by atoms with van der Waals surface area (Å²) < 4.78 is 0. The highest BCUT2D eigenvalue weighted by Crippen LogP contribution is 2.22. The normalized spacial score (nSPS) is 23.3. The molecule has 5 heteroatoms. The van der Waals surface area contributed by atoms with Crippen LogP contribution in [0.2, 0.25) is 0 Å². The number of carbonyl (C=O) groups is 1. The van der Waals surface area contributed by atoms with Crippen molar-refractivity contribution in [2.75, 3.05) is 18.0 Å². The van der Waals surface area contributed by atoms with Crippen LogP contribution in [0.25, 0.3) is 0 Å². The molecule has 22 heavy (non-hydrogen) atoms. The lowest BCUT2D eigenvalue weighted by Crippen LogP contribution is -2.46. The molecule has 2 fully saturated rings. The molecule has 2 aliphatic rings. The second kappa shape index (κ2) is 7.07. The summed E-state index contributed by atoms with van der Waals surface area (Å²) in [5, 5.41) is 3.27. The van der Waals surface area contributed by atoms with E-state index in [0.29, 0.717) is 6.04 Å². The number of aromatic nitrogens is 2. The smallest absolute Gasteiger partial charge is 0.225 e. The van der Waals surface area contributed by atoms with Crippen molar-refractivity contribution in [3.63, 3.8) is 0 Å². The van der Waals surface area contributed by atoms with Crippen LogP contribution in [-0.4, -0.2) is 35.0 Å². The maximum absolute atomic E-state index is 12.5. The molecule has 5 nitrogen and oxygen atoms in total. The van der Waals surface area contributed by atoms with Crippen molar-refractivity contribution in [3.8, 4) is 0 Å². The van der Waals surface area contributed by atoms with E-state index in [1.54, 1.807) is 6.20 Å². The predicted octanol–water partition coefficient (Wildman–Crippen LogP) is 2.45. The summed E-state index contributed by atoms with van der Waals surface area (Å²) in [6, 6.07) is 2.30. The Balaban J connectivity index is 1.58. The Kier molecular flexibility index (Phi) is 4.90. The highest BCUT2D eigenvalue weighted by atomic mass is 16.2. The van der Waals surface area contributed by atoms with E-state index in [9.17, 15) is 4.79 Å². The number of anilines is 1. The van der Waals surface area contributed by atoms with E-state index in [1.807, 2.05) is 13.0 Å². The van der Waals surface area contributed by atoms with Crippen molar-refractivity contribution in [2.24, 2.45) is 5.92 Å². The van der Waals surface area contributed by atoms with Crippen LogP contribution in [0.15, 0.2) is 12.3 Å². The third-order valence-corrected chi connectivity index (χ3v) is 4.81.